The van der Waals surface area contributed by atoms with Gasteiger partial charge in [0.2, 0.25) is 0 Å². The molecule has 5 heterocycles. The predicted octanol–water partition coefficient (Wildman–Crippen LogP) is 10.8. The lowest BCUT2D eigenvalue weighted by molar-refractivity contribution is 0.0674. The number of hydrogen-bond acceptors (Lipinski definition) is 16. The van der Waals surface area contributed by atoms with E-state index in [4.69, 9.17) is 48.4 Å². The van der Waals surface area contributed by atoms with Crippen molar-refractivity contribution < 1.29 is 76.9 Å². The molecule has 2 saturated carbocycles. The van der Waals surface area contributed by atoms with Crippen molar-refractivity contribution in [3.05, 3.63) is 112 Å². The highest BCUT2D eigenvalue weighted by Crippen LogP contribution is 2.33. The molecule has 0 bridgehead atoms. The molecule has 2 aliphatic carbocycles. The number of hydrogen-bond donors (Lipinski definition) is 5. The number of aromatic carboxylic acids is 5. The van der Waals surface area contributed by atoms with Crippen molar-refractivity contribution in [2.75, 3.05) is 0 Å². The summed E-state index contributed by atoms with van der Waals surface area (Å²) >= 11 is 0. The predicted molar refractivity (Wildman–Crippen MR) is 242 cm³/mol. The molecule has 8 rings (SSSR count). The Bertz CT molecular complexity index is 2500. The highest BCUT2D eigenvalue weighted by atomic mass is 16.6. The first-order valence-corrected chi connectivity index (χ1v) is 22.6. The van der Waals surface area contributed by atoms with E-state index in [-0.39, 0.29) is 40.3 Å². The van der Waals surface area contributed by atoms with Crippen LogP contribution in [-0.2, 0) is 12.8 Å². The van der Waals surface area contributed by atoms with Crippen LogP contribution in [0.15, 0.2) is 83.3 Å². The van der Waals surface area contributed by atoms with Crippen LogP contribution in [0, 0.1) is 17.8 Å². The molecule has 5 aromatic heterocycles. The number of carbonyl (C=O) groups is 5. The summed E-state index contributed by atoms with van der Waals surface area (Å²) in [5.74, 6) is 0.110. The lowest BCUT2D eigenvalue weighted by Crippen LogP contribution is -2.08. The maximum atomic E-state index is 10.6. The summed E-state index contributed by atoms with van der Waals surface area (Å²) in [4.78, 5) is 52.5. The number of aromatic nitrogens is 5. The van der Waals surface area contributed by atoms with E-state index in [0.29, 0.717) is 46.7 Å². The van der Waals surface area contributed by atoms with E-state index in [0.717, 1.165) is 31.4 Å². The number of carboxylic acids is 5. The molecule has 5 N–H and O–H groups in total. The minimum absolute atomic E-state index is 0.0146. The molecule has 6 aromatic rings. The molecule has 0 spiro atoms. The molecule has 372 valence electrons. The zero-order chi connectivity index (χ0) is 50.5. The third-order valence-electron chi connectivity index (χ3n) is 11.0. The summed E-state index contributed by atoms with van der Waals surface area (Å²) in [5, 5.41) is 60.2. The van der Waals surface area contributed by atoms with Crippen molar-refractivity contribution >= 4 is 29.8 Å². The first kappa shape index (κ1) is 54.0. The molecule has 2 fully saturated rings. The maximum Gasteiger partial charge on any atom is 0.358 e. The largest absolute Gasteiger partial charge is 0.476 e. The maximum absolute atomic E-state index is 10.6. The molecule has 2 aliphatic rings. The average molecular weight is 962 g/mol. The van der Waals surface area contributed by atoms with Gasteiger partial charge in [0.15, 0.2) is 28.5 Å². The number of benzene rings is 1. The molecule has 0 radical (unpaired) electrons. The lowest BCUT2D eigenvalue weighted by Gasteiger charge is -2.19. The number of ether oxygens (including phenoxy) is 1. The Morgan fingerprint density at radius 1 is 0.551 bits per heavy atom. The first-order chi connectivity index (χ1) is 32.9. The van der Waals surface area contributed by atoms with Crippen LogP contribution in [0.2, 0.25) is 0 Å². The van der Waals surface area contributed by atoms with Gasteiger partial charge < -0.3 is 52.9 Å². The van der Waals surface area contributed by atoms with Gasteiger partial charge >= 0.3 is 35.8 Å². The minimum Gasteiger partial charge on any atom is -0.476 e. The van der Waals surface area contributed by atoms with Crippen LogP contribution in [0.1, 0.15) is 186 Å². The van der Waals surface area contributed by atoms with Gasteiger partial charge in [-0.25, -0.2) is 24.0 Å². The van der Waals surface area contributed by atoms with Gasteiger partial charge in [-0.05, 0) is 42.7 Å². The van der Waals surface area contributed by atoms with E-state index in [1.807, 2.05) is 40.7 Å². The van der Waals surface area contributed by atoms with Gasteiger partial charge in [0.05, 0.1) is 6.07 Å². The van der Waals surface area contributed by atoms with Crippen molar-refractivity contribution in [3.63, 3.8) is 0 Å². The number of rotatable bonds is 14. The molecule has 1 atom stereocenters. The Kier molecular flexibility index (Phi) is 21.4. The van der Waals surface area contributed by atoms with E-state index < -0.39 is 29.8 Å². The fourth-order valence-electron chi connectivity index (χ4n) is 7.01. The van der Waals surface area contributed by atoms with E-state index in [2.05, 4.69) is 30.3 Å². The van der Waals surface area contributed by atoms with Gasteiger partial charge in [-0.15, -0.1) is 0 Å². The molecule has 0 aliphatic heterocycles. The SMILES string of the molecule is CC(C)C(C)c1cc(C(=O)O)no1.CC(C)Cc1cc(C(=O)O)no1.O=C(O)c1cc(C2CCCCC2)on1.O=C(O)c1cc(CC2CCCCC2)on1.O=C(O)c1cc(Oc2ccccc2)on1. The first-order valence-electron chi connectivity index (χ1n) is 22.6. The van der Waals surface area contributed by atoms with Gasteiger partial charge in [-0.1, -0.05) is 130 Å². The Morgan fingerprint density at radius 2 is 1.01 bits per heavy atom. The van der Waals surface area contributed by atoms with E-state index >= 15 is 0 Å². The fourth-order valence-corrected chi connectivity index (χ4v) is 7.01. The monoisotopic (exact) mass is 961 g/mol. The molecular formula is C48H59N5O16. The number of nitrogens with zero attached hydrogens (tertiary/aromatic N) is 5. The molecule has 0 amide bonds. The van der Waals surface area contributed by atoms with Crippen molar-refractivity contribution in [2.24, 2.45) is 17.8 Å². The lowest BCUT2D eigenvalue weighted by atomic mass is 9.86. The molecule has 0 saturated heterocycles. The van der Waals surface area contributed by atoms with Crippen molar-refractivity contribution in [2.45, 2.75) is 124 Å². The van der Waals surface area contributed by atoms with Crippen LogP contribution in [0.3, 0.4) is 0 Å². The summed E-state index contributed by atoms with van der Waals surface area (Å²) in [6.07, 6.45) is 13.8. The summed E-state index contributed by atoms with van der Waals surface area (Å²) in [7, 11) is 0. The summed E-state index contributed by atoms with van der Waals surface area (Å²) in [6.45, 7) is 10.1. The van der Waals surface area contributed by atoms with Gasteiger partial charge in [-0.3, -0.25) is 0 Å². The molecule has 21 heteroatoms. The van der Waals surface area contributed by atoms with Gasteiger partial charge in [0, 0.05) is 48.9 Å². The van der Waals surface area contributed by atoms with E-state index in [1.54, 1.807) is 30.3 Å². The van der Waals surface area contributed by atoms with Crippen molar-refractivity contribution in [1.29, 1.82) is 0 Å². The van der Waals surface area contributed by atoms with Crippen LogP contribution in [0.4, 0.5) is 0 Å². The van der Waals surface area contributed by atoms with Crippen LogP contribution < -0.4 is 4.74 Å². The third kappa shape index (κ3) is 18.6. The second-order valence-electron chi connectivity index (χ2n) is 17.2. The quantitative estimate of drug-likeness (QED) is 0.0677. The zero-order valence-electron chi connectivity index (χ0n) is 39.1. The van der Waals surface area contributed by atoms with E-state index in [9.17, 15) is 24.0 Å². The topological polar surface area (TPSA) is 326 Å². The highest BCUT2D eigenvalue weighted by Gasteiger charge is 2.22. The normalized spacial score (nSPS) is 14.1. The van der Waals surface area contributed by atoms with Crippen LogP contribution in [0.25, 0.3) is 0 Å². The Hall–Kier alpha value is -7.58. The Labute approximate surface area is 396 Å². The summed E-state index contributed by atoms with van der Waals surface area (Å²) in [6, 6.07) is 16.1. The van der Waals surface area contributed by atoms with Crippen molar-refractivity contribution in [3.8, 4) is 11.7 Å². The second-order valence-corrected chi connectivity index (χ2v) is 17.2. The number of carboxylic acid groups (broad SMARTS) is 5. The highest BCUT2D eigenvalue weighted by molar-refractivity contribution is 5.86. The fraction of sp³-hybridized carbons (Fsp3) is 0.458. The molecular weight excluding hydrogens is 903 g/mol. The zero-order valence-corrected chi connectivity index (χ0v) is 39.1. The molecule has 21 nitrogen and oxygen atoms in total. The smallest absolute Gasteiger partial charge is 0.358 e. The molecule has 69 heavy (non-hydrogen) atoms. The number of para-hydroxylation sites is 1. The standard InChI is InChI=1S/C11H15NO3.C10H7NO4.C10H13NO3.C9H13NO3.C8H11NO3/c13-11(14)10-7-9(15-12-10)6-8-4-2-1-3-5-8;12-10(13)8-6-9(15-11-8)14-7-4-2-1-3-5-7;12-10(13)8-6-9(14-11-8)7-4-2-1-3-5-7;1-5(2)6(3)8-4-7(9(11)12)10-13-8;1-5(2)3-6-4-7(8(10)11)9-12-6/h7-8H,1-6H2,(H,13,14);1-6H,(H,12,13);6-7H,1-5H2,(H,12,13);4-6H,1-3H3,(H,11,12);4-5H,3H2,1-2H3,(H,10,11). The second kappa shape index (κ2) is 27.3. The summed E-state index contributed by atoms with van der Waals surface area (Å²) in [5.41, 5.74) is -0.194. The van der Waals surface area contributed by atoms with Gasteiger partial charge in [0.25, 0.3) is 0 Å². The minimum atomic E-state index is -1.15. The molecule has 1 aromatic carbocycles. The van der Waals surface area contributed by atoms with Crippen LogP contribution in [0.5, 0.6) is 11.7 Å². The van der Waals surface area contributed by atoms with Crippen LogP contribution in [-0.4, -0.2) is 81.2 Å². The Morgan fingerprint density at radius 3 is 1.51 bits per heavy atom. The summed E-state index contributed by atoms with van der Waals surface area (Å²) < 4.78 is 29.7. The van der Waals surface area contributed by atoms with Crippen molar-refractivity contribution in [1.82, 2.24) is 25.8 Å². The third-order valence-corrected chi connectivity index (χ3v) is 11.0. The average Bonchev–Trinajstić information content (AvgIpc) is 4.19. The van der Waals surface area contributed by atoms with Crippen LogP contribution >= 0.6 is 0 Å². The van der Waals surface area contributed by atoms with Gasteiger partial charge in [0.1, 0.15) is 28.8 Å². The van der Waals surface area contributed by atoms with Gasteiger partial charge in [-0.2, -0.15) is 0 Å². The Balaban J connectivity index is 0.000000188. The van der Waals surface area contributed by atoms with E-state index in [1.165, 1.54) is 75.6 Å². The molecule has 1 unspecified atom stereocenters.